The minimum absolute atomic E-state index is 0.0803. The molecule has 0 saturated carbocycles. The highest BCUT2D eigenvalue weighted by molar-refractivity contribution is 7.89. The average molecular weight is 315 g/mol. The first kappa shape index (κ1) is 17.5. The van der Waals surface area contributed by atoms with Crippen LogP contribution in [-0.4, -0.2) is 33.1 Å². The number of aryl methyl sites for hydroxylation is 2. The van der Waals surface area contributed by atoms with E-state index in [0.29, 0.717) is 16.9 Å². The molecule has 0 bridgehead atoms. The molecule has 1 rings (SSSR count). The first-order valence-corrected chi connectivity index (χ1v) is 8.02. The van der Waals surface area contributed by atoms with E-state index in [1.807, 2.05) is 0 Å². The highest BCUT2D eigenvalue weighted by Crippen LogP contribution is 2.25. The number of rotatable bonds is 7. The SMILES string of the molecule is COc1cc(C)c(S(=O)(=O)NCC(C)CC(=O)O)c(C)c1. The molecule has 7 heteroatoms. The maximum Gasteiger partial charge on any atom is 0.303 e. The van der Waals surface area contributed by atoms with Crippen LogP contribution >= 0.6 is 0 Å². The summed E-state index contributed by atoms with van der Waals surface area (Å²) in [5.74, 6) is -0.627. The lowest BCUT2D eigenvalue weighted by molar-refractivity contribution is -0.137. The van der Waals surface area contributed by atoms with Crippen molar-refractivity contribution in [3.05, 3.63) is 23.3 Å². The van der Waals surface area contributed by atoms with Gasteiger partial charge in [-0.25, -0.2) is 13.1 Å². The zero-order valence-electron chi connectivity index (χ0n) is 12.6. The van der Waals surface area contributed by atoms with Crippen LogP contribution in [0.3, 0.4) is 0 Å². The molecule has 0 aliphatic carbocycles. The van der Waals surface area contributed by atoms with Gasteiger partial charge >= 0.3 is 5.97 Å². The molecule has 0 aliphatic rings. The molecule has 1 atom stereocenters. The number of ether oxygens (including phenoxy) is 1. The van der Waals surface area contributed by atoms with Gasteiger partial charge in [0.2, 0.25) is 10.0 Å². The third kappa shape index (κ3) is 4.71. The Bertz CT molecular complexity index is 601. The topological polar surface area (TPSA) is 92.7 Å². The molecule has 0 spiro atoms. The van der Waals surface area contributed by atoms with Gasteiger partial charge in [0.25, 0.3) is 0 Å². The predicted molar refractivity (Wildman–Crippen MR) is 79.1 cm³/mol. The lowest BCUT2D eigenvalue weighted by atomic mass is 10.1. The summed E-state index contributed by atoms with van der Waals surface area (Å²) in [5, 5.41) is 8.69. The molecule has 1 unspecified atom stereocenters. The Balaban J connectivity index is 2.96. The normalized spacial score (nSPS) is 13.0. The number of benzene rings is 1. The Morgan fingerprint density at radius 3 is 2.29 bits per heavy atom. The van der Waals surface area contributed by atoms with Crippen molar-refractivity contribution in [3.63, 3.8) is 0 Å². The second-order valence-electron chi connectivity index (χ2n) is 5.15. The molecule has 0 saturated heterocycles. The third-order valence-electron chi connectivity index (χ3n) is 3.08. The molecular weight excluding hydrogens is 294 g/mol. The van der Waals surface area contributed by atoms with Crippen molar-refractivity contribution in [2.45, 2.75) is 32.1 Å². The minimum Gasteiger partial charge on any atom is -0.497 e. The lowest BCUT2D eigenvalue weighted by Gasteiger charge is -2.15. The maximum absolute atomic E-state index is 12.4. The van der Waals surface area contributed by atoms with Crippen LogP contribution in [0.25, 0.3) is 0 Å². The van der Waals surface area contributed by atoms with Crippen LogP contribution in [0, 0.1) is 19.8 Å². The number of hydrogen-bond acceptors (Lipinski definition) is 4. The first-order valence-electron chi connectivity index (χ1n) is 6.54. The van der Waals surface area contributed by atoms with Crippen LogP contribution in [0.15, 0.2) is 17.0 Å². The summed E-state index contributed by atoms with van der Waals surface area (Å²) in [7, 11) is -2.15. The van der Waals surface area contributed by atoms with Crippen molar-refractivity contribution in [3.8, 4) is 5.75 Å². The van der Waals surface area contributed by atoms with Gasteiger partial charge in [-0.15, -0.1) is 0 Å². The molecule has 0 amide bonds. The molecule has 0 fully saturated rings. The average Bonchev–Trinajstić information content (AvgIpc) is 2.34. The van der Waals surface area contributed by atoms with Crippen molar-refractivity contribution in [2.24, 2.45) is 5.92 Å². The van der Waals surface area contributed by atoms with Crippen molar-refractivity contribution >= 4 is 16.0 Å². The largest absolute Gasteiger partial charge is 0.497 e. The van der Waals surface area contributed by atoms with Gasteiger partial charge in [0, 0.05) is 13.0 Å². The second kappa shape index (κ2) is 6.91. The Hall–Kier alpha value is -1.60. The van der Waals surface area contributed by atoms with E-state index in [0.717, 1.165) is 0 Å². The molecule has 0 aliphatic heterocycles. The molecule has 2 N–H and O–H groups in total. The Labute approximate surface area is 125 Å². The van der Waals surface area contributed by atoms with Gasteiger partial charge in [0.15, 0.2) is 0 Å². The highest BCUT2D eigenvalue weighted by Gasteiger charge is 2.21. The van der Waals surface area contributed by atoms with E-state index in [1.165, 1.54) is 7.11 Å². The zero-order chi connectivity index (χ0) is 16.2. The summed E-state index contributed by atoms with van der Waals surface area (Å²) >= 11 is 0. The molecule has 0 heterocycles. The maximum atomic E-state index is 12.4. The van der Waals surface area contributed by atoms with Crippen molar-refractivity contribution < 1.29 is 23.1 Å². The van der Waals surface area contributed by atoms with Crippen molar-refractivity contribution in [2.75, 3.05) is 13.7 Å². The number of aliphatic carboxylic acids is 1. The van der Waals surface area contributed by atoms with Gasteiger partial charge < -0.3 is 9.84 Å². The monoisotopic (exact) mass is 315 g/mol. The fourth-order valence-electron chi connectivity index (χ4n) is 2.15. The molecule has 1 aromatic rings. The van der Waals surface area contributed by atoms with E-state index in [9.17, 15) is 13.2 Å². The molecule has 1 aromatic carbocycles. The number of carboxylic acid groups (broad SMARTS) is 1. The summed E-state index contributed by atoms with van der Waals surface area (Å²) in [6.07, 6.45) is -0.0803. The quantitative estimate of drug-likeness (QED) is 0.799. The summed E-state index contributed by atoms with van der Waals surface area (Å²) in [4.78, 5) is 10.8. The van der Waals surface area contributed by atoms with Crippen LogP contribution < -0.4 is 9.46 Å². The second-order valence-corrected chi connectivity index (χ2v) is 6.85. The van der Waals surface area contributed by atoms with Gasteiger partial charge in [-0.05, 0) is 43.0 Å². The molecule has 6 nitrogen and oxygen atoms in total. The number of nitrogens with one attached hydrogen (secondary N) is 1. The number of hydrogen-bond donors (Lipinski definition) is 2. The minimum atomic E-state index is -3.68. The predicted octanol–water partition coefficient (Wildman–Crippen LogP) is 1.70. The van der Waals surface area contributed by atoms with E-state index in [-0.39, 0.29) is 23.8 Å². The third-order valence-corrected chi connectivity index (χ3v) is 4.81. The van der Waals surface area contributed by atoms with E-state index in [4.69, 9.17) is 9.84 Å². The van der Waals surface area contributed by atoms with Gasteiger partial charge in [0.05, 0.1) is 12.0 Å². The molecule has 118 valence electrons. The molecular formula is C14H21NO5S. The van der Waals surface area contributed by atoms with Crippen molar-refractivity contribution in [1.82, 2.24) is 4.72 Å². The van der Waals surface area contributed by atoms with E-state index in [1.54, 1.807) is 32.9 Å². The number of carbonyl (C=O) groups is 1. The lowest BCUT2D eigenvalue weighted by Crippen LogP contribution is -2.30. The van der Waals surface area contributed by atoms with Crippen LogP contribution in [0.2, 0.25) is 0 Å². The van der Waals surface area contributed by atoms with Gasteiger partial charge in [-0.2, -0.15) is 0 Å². The Morgan fingerprint density at radius 2 is 1.86 bits per heavy atom. The van der Waals surface area contributed by atoms with Crippen LogP contribution in [0.4, 0.5) is 0 Å². The van der Waals surface area contributed by atoms with Crippen LogP contribution in [0.5, 0.6) is 5.75 Å². The van der Waals surface area contributed by atoms with Crippen LogP contribution in [0.1, 0.15) is 24.5 Å². The van der Waals surface area contributed by atoms with Gasteiger partial charge in [0.1, 0.15) is 5.75 Å². The van der Waals surface area contributed by atoms with Gasteiger partial charge in [-0.3, -0.25) is 4.79 Å². The van der Waals surface area contributed by atoms with Crippen LogP contribution in [-0.2, 0) is 14.8 Å². The first-order chi connectivity index (χ1) is 9.67. The Kier molecular flexibility index (Phi) is 5.74. The fraction of sp³-hybridized carbons (Fsp3) is 0.500. The molecule has 0 aromatic heterocycles. The summed E-state index contributed by atoms with van der Waals surface area (Å²) < 4.78 is 32.3. The number of sulfonamides is 1. The van der Waals surface area contributed by atoms with E-state index >= 15 is 0 Å². The smallest absolute Gasteiger partial charge is 0.303 e. The summed E-state index contributed by atoms with van der Waals surface area (Å²) in [6.45, 7) is 5.17. The highest BCUT2D eigenvalue weighted by atomic mass is 32.2. The van der Waals surface area contributed by atoms with Gasteiger partial charge in [-0.1, -0.05) is 6.92 Å². The summed E-state index contributed by atoms with van der Waals surface area (Å²) in [6, 6.07) is 3.31. The van der Waals surface area contributed by atoms with E-state index < -0.39 is 16.0 Å². The molecule has 21 heavy (non-hydrogen) atoms. The van der Waals surface area contributed by atoms with Crippen molar-refractivity contribution in [1.29, 1.82) is 0 Å². The number of carboxylic acids is 1. The fourth-order valence-corrected chi connectivity index (χ4v) is 3.76. The summed E-state index contributed by atoms with van der Waals surface area (Å²) in [5.41, 5.74) is 1.18. The Morgan fingerprint density at radius 1 is 1.33 bits per heavy atom. The van der Waals surface area contributed by atoms with E-state index in [2.05, 4.69) is 4.72 Å². The molecule has 0 radical (unpaired) electrons. The zero-order valence-corrected chi connectivity index (χ0v) is 13.5. The standard InChI is InChI=1S/C14H21NO5S/c1-9(5-13(16)17)8-15-21(18,19)14-10(2)6-12(20-4)7-11(14)3/h6-7,9,15H,5,8H2,1-4H3,(H,16,17). The number of methoxy groups -OCH3 is 1.